The summed E-state index contributed by atoms with van der Waals surface area (Å²) in [5.41, 5.74) is 7.26. The van der Waals surface area contributed by atoms with Gasteiger partial charge in [0.25, 0.3) is 0 Å². The summed E-state index contributed by atoms with van der Waals surface area (Å²) in [6, 6.07) is 20.6. The van der Waals surface area contributed by atoms with Gasteiger partial charge >= 0.3 is 6.18 Å². The van der Waals surface area contributed by atoms with Crippen molar-refractivity contribution < 1.29 is 17.9 Å². The first-order valence-electron chi connectivity index (χ1n) is 10.2. The molecule has 0 saturated heterocycles. The van der Waals surface area contributed by atoms with Crippen molar-refractivity contribution in [3.8, 4) is 22.8 Å². The van der Waals surface area contributed by atoms with E-state index in [1.807, 2.05) is 48.5 Å². The standard InChI is InChI=1S/C25H23F3N2O/c26-25(27,28)22-12-5-4-11-20(22)24-19(10-6-7-15-29)21-16-18(13-14-23(21)30-24)31-17-8-2-1-3-9-17/h1-5,8-9,11-14,16,30H,6-7,10,15,29H2. The fraction of sp³-hybridized carbons (Fsp3) is 0.200. The lowest BCUT2D eigenvalue weighted by molar-refractivity contribution is -0.137. The van der Waals surface area contributed by atoms with Gasteiger partial charge in [-0.05, 0) is 67.8 Å². The molecule has 3 aromatic carbocycles. The Kier molecular flexibility index (Phi) is 6.00. The second-order valence-electron chi connectivity index (χ2n) is 7.39. The number of halogens is 3. The smallest absolute Gasteiger partial charge is 0.417 e. The quantitative estimate of drug-likeness (QED) is 0.316. The number of hydrogen-bond acceptors (Lipinski definition) is 2. The van der Waals surface area contributed by atoms with Crippen molar-refractivity contribution >= 4 is 10.9 Å². The number of fused-ring (bicyclic) bond motifs is 1. The summed E-state index contributed by atoms with van der Waals surface area (Å²) in [5, 5.41) is 0.859. The molecule has 0 amide bonds. The maximum absolute atomic E-state index is 13.7. The van der Waals surface area contributed by atoms with Crippen molar-refractivity contribution in [2.45, 2.75) is 25.4 Å². The van der Waals surface area contributed by atoms with Crippen LogP contribution in [0, 0.1) is 0 Å². The van der Waals surface area contributed by atoms with E-state index in [1.54, 1.807) is 6.07 Å². The Morgan fingerprint density at radius 3 is 2.32 bits per heavy atom. The first kappa shape index (κ1) is 21.0. The van der Waals surface area contributed by atoms with Crippen LogP contribution < -0.4 is 10.5 Å². The van der Waals surface area contributed by atoms with Gasteiger partial charge in [-0.1, -0.05) is 36.4 Å². The molecule has 6 heteroatoms. The van der Waals surface area contributed by atoms with E-state index in [0.717, 1.165) is 35.4 Å². The first-order chi connectivity index (χ1) is 15.0. The van der Waals surface area contributed by atoms with Crippen LogP contribution in [0.2, 0.25) is 0 Å². The zero-order valence-electron chi connectivity index (χ0n) is 16.9. The van der Waals surface area contributed by atoms with Crippen LogP contribution in [0.1, 0.15) is 24.0 Å². The van der Waals surface area contributed by atoms with E-state index in [2.05, 4.69) is 4.98 Å². The van der Waals surface area contributed by atoms with Gasteiger partial charge in [-0.25, -0.2) is 0 Å². The molecule has 3 nitrogen and oxygen atoms in total. The summed E-state index contributed by atoms with van der Waals surface area (Å²) in [7, 11) is 0. The van der Waals surface area contributed by atoms with Crippen LogP contribution in [0.25, 0.3) is 22.2 Å². The highest BCUT2D eigenvalue weighted by molar-refractivity contribution is 5.92. The third-order valence-electron chi connectivity index (χ3n) is 5.24. The van der Waals surface area contributed by atoms with Gasteiger partial charge in [0.15, 0.2) is 0 Å². The molecule has 0 aliphatic carbocycles. The number of alkyl halides is 3. The van der Waals surface area contributed by atoms with Crippen molar-refractivity contribution in [2.24, 2.45) is 5.73 Å². The number of nitrogens with one attached hydrogen (secondary N) is 1. The number of para-hydroxylation sites is 1. The summed E-state index contributed by atoms with van der Waals surface area (Å²) in [6.45, 7) is 0.541. The average molecular weight is 424 g/mol. The summed E-state index contributed by atoms with van der Waals surface area (Å²) in [4.78, 5) is 3.22. The average Bonchev–Trinajstić information content (AvgIpc) is 3.12. The summed E-state index contributed by atoms with van der Waals surface area (Å²) in [5.74, 6) is 1.33. The Hall–Kier alpha value is -3.25. The Morgan fingerprint density at radius 2 is 1.58 bits per heavy atom. The Bertz CT molecular complexity index is 1170. The number of rotatable bonds is 7. The number of aromatic nitrogens is 1. The number of ether oxygens (including phenoxy) is 1. The van der Waals surface area contributed by atoms with Gasteiger partial charge in [0.05, 0.1) is 11.3 Å². The fourth-order valence-corrected chi connectivity index (χ4v) is 3.80. The highest BCUT2D eigenvalue weighted by Crippen LogP contribution is 2.41. The lowest BCUT2D eigenvalue weighted by atomic mass is 9.97. The fourth-order valence-electron chi connectivity index (χ4n) is 3.80. The van der Waals surface area contributed by atoms with Gasteiger partial charge in [-0.2, -0.15) is 13.2 Å². The van der Waals surface area contributed by atoms with Crippen molar-refractivity contribution in [1.29, 1.82) is 0 Å². The lowest BCUT2D eigenvalue weighted by Gasteiger charge is -2.13. The number of aryl methyl sites for hydroxylation is 1. The summed E-state index contributed by atoms with van der Waals surface area (Å²) in [6.07, 6.45) is -2.24. The van der Waals surface area contributed by atoms with Crippen molar-refractivity contribution in [3.63, 3.8) is 0 Å². The number of aromatic amines is 1. The van der Waals surface area contributed by atoms with Crippen LogP contribution in [-0.2, 0) is 12.6 Å². The molecule has 3 N–H and O–H groups in total. The lowest BCUT2D eigenvalue weighted by Crippen LogP contribution is -2.07. The van der Waals surface area contributed by atoms with E-state index in [1.165, 1.54) is 12.1 Å². The molecule has 0 atom stereocenters. The molecule has 31 heavy (non-hydrogen) atoms. The van der Waals surface area contributed by atoms with Crippen LogP contribution in [-0.4, -0.2) is 11.5 Å². The minimum atomic E-state index is -4.44. The molecule has 0 radical (unpaired) electrons. The highest BCUT2D eigenvalue weighted by Gasteiger charge is 2.34. The molecule has 4 rings (SSSR count). The maximum Gasteiger partial charge on any atom is 0.417 e. The molecule has 4 aromatic rings. The van der Waals surface area contributed by atoms with Crippen LogP contribution in [0.3, 0.4) is 0 Å². The molecule has 0 bridgehead atoms. The minimum Gasteiger partial charge on any atom is -0.457 e. The van der Waals surface area contributed by atoms with Crippen molar-refractivity contribution in [1.82, 2.24) is 4.98 Å². The number of unbranched alkanes of at least 4 members (excludes halogenated alkanes) is 1. The van der Waals surface area contributed by atoms with Gasteiger partial charge in [-0.15, -0.1) is 0 Å². The molecule has 0 spiro atoms. The molecule has 0 unspecified atom stereocenters. The van der Waals surface area contributed by atoms with Gasteiger partial charge in [0, 0.05) is 16.5 Å². The van der Waals surface area contributed by atoms with Crippen LogP contribution in [0.5, 0.6) is 11.5 Å². The molecule has 160 valence electrons. The van der Waals surface area contributed by atoms with Gasteiger partial charge in [0.1, 0.15) is 11.5 Å². The predicted octanol–water partition coefficient (Wildman–Crippen LogP) is 6.93. The van der Waals surface area contributed by atoms with E-state index in [0.29, 0.717) is 30.2 Å². The number of nitrogens with two attached hydrogens (primary N) is 1. The maximum atomic E-state index is 13.7. The molecule has 1 heterocycles. The van der Waals surface area contributed by atoms with Gasteiger partial charge in [0.2, 0.25) is 0 Å². The second-order valence-corrected chi connectivity index (χ2v) is 7.39. The zero-order chi connectivity index (χ0) is 21.8. The van der Waals surface area contributed by atoms with E-state index in [9.17, 15) is 13.2 Å². The monoisotopic (exact) mass is 424 g/mol. The predicted molar refractivity (Wildman–Crippen MR) is 117 cm³/mol. The molecule has 0 aliphatic heterocycles. The molecule has 0 aliphatic rings. The minimum absolute atomic E-state index is 0.152. The highest BCUT2D eigenvalue weighted by atomic mass is 19.4. The largest absolute Gasteiger partial charge is 0.457 e. The molecule has 0 fully saturated rings. The number of benzene rings is 3. The van der Waals surface area contributed by atoms with Crippen molar-refractivity contribution in [2.75, 3.05) is 6.54 Å². The SMILES string of the molecule is NCCCCc1c(-c2ccccc2C(F)(F)F)[nH]c2ccc(Oc3ccccc3)cc12. The van der Waals surface area contributed by atoms with Gasteiger partial charge in [-0.3, -0.25) is 0 Å². The molecule has 0 saturated carbocycles. The summed E-state index contributed by atoms with van der Waals surface area (Å²) < 4.78 is 47.0. The Balaban J connectivity index is 1.83. The third kappa shape index (κ3) is 4.59. The van der Waals surface area contributed by atoms with Crippen LogP contribution in [0.4, 0.5) is 13.2 Å². The van der Waals surface area contributed by atoms with E-state index in [-0.39, 0.29) is 5.56 Å². The first-order valence-corrected chi connectivity index (χ1v) is 10.2. The third-order valence-corrected chi connectivity index (χ3v) is 5.24. The van der Waals surface area contributed by atoms with Gasteiger partial charge < -0.3 is 15.5 Å². The molecular weight excluding hydrogens is 401 g/mol. The number of H-pyrrole nitrogens is 1. The van der Waals surface area contributed by atoms with Crippen LogP contribution in [0.15, 0.2) is 72.8 Å². The normalized spacial score (nSPS) is 11.7. The second kappa shape index (κ2) is 8.86. The molecule has 1 aromatic heterocycles. The van der Waals surface area contributed by atoms with E-state index < -0.39 is 11.7 Å². The van der Waals surface area contributed by atoms with E-state index in [4.69, 9.17) is 10.5 Å². The van der Waals surface area contributed by atoms with Crippen LogP contribution >= 0.6 is 0 Å². The van der Waals surface area contributed by atoms with Crippen molar-refractivity contribution in [3.05, 3.63) is 83.9 Å². The summed E-state index contributed by atoms with van der Waals surface area (Å²) >= 11 is 0. The number of hydrogen-bond donors (Lipinski definition) is 2. The zero-order valence-corrected chi connectivity index (χ0v) is 16.9. The van der Waals surface area contributed by atoms with E-state index >= 15 is 0 Å². The topological polar surface area (TPSA) is 51.0 Å². The molecular formula is C25H23F3N2O. The Labute approximate surface area is 178 Å². The Morgan fingerprint density at radius 1 is 0.839 bits per heavy atom.